The highest BCUT2D eigenvalue weighted by atomic mass is 19.2. The Kier molecular flexibility index (Phi) is 2.34. The fourth-order valence-corrected chi connectivity index (χ4v) is 1.69. The van der Waals surface area contributed by atoms with Gasteiger partial charge in [-0.25, -0.2) is 13.2 Å². The van der Waals surface area contributed by atoms with Crippen molar-refractivity contribution in [3.8, 4) is 0 Å². The number of aromatic nitrogens is 1. The van der Waals surface area contributed by atoms with E-state index in [2.05, 4.69) is 4.98 Å². The van der Waals surface area contributed by atoms with Crippen LogP contribution >= 0.6 is 0 Å². The Bertz CT molecular complexity index is 523. The minimum atomic E-state index is -1.11. The van der Waals surface area contributed by atoms with Gasteiger partial charge in [0.15, 0.2) is 11.6 Å². The minimum Gasteiger partial charge on any atom is -0.264 e. The van der Waals surface area contributed by atoms with E-state index in [9.17, 15) is 13.2 Å². The Morgan fingerprint density at radius 3 is 2.67 bits per heavy atom. The van der Waals surface area contributed by atoms with Crippen molar-refractivity contribution in [2.24, 2.45) is 0 Å². The van der Waals surface area contributed by atoms with Gasteiger partial charge in [-0.3, -0.25) is 4.98 Å². The molecular weight excluding hydrogens is 203 g/mol. The zero-order valence-electron chi connectivity index (χ0n) is 8.02. The molecule has 78 valence electrons. The standard InChI is InChI=1S/C11H8F3N/c1-6-4-15-5-7-2-9(13)11(14)8(3-12)10(6)7/h2,4-5H,3H2,1H3. The number of benzene rings is 1. The molecule has 0 aliphatic heterocycles. The van der Waals surface area contributed by atoms with E-state index in [1.54, 1.807) is 6.92 Å². The van der Waals surface area contributed by atoms with Crippen LogP contribution < -0.4 is 0 Å². The molecule has 1 aromatic heterocycles. The van der Waals surface area contributed by atoms with Crippen molar-refractivity contribution < 1.29 is 13.2 Å². The van der Waals surface area contributed by atoms with Gasteiger partial charge in [0.05, 0.1) is 0 Å². The third-order valence-corrected chi connectivity index (χ3v) is 2.36. The van der Waals surface area contributed by atoms with Crippen molar-refractivity contribution in [2.75, 3.05) is 0 Å². The van der Waals surface area contributed by atoms with E-state index in [0.717, 1.165) is 6.07 Å². The largest absolute Gasteiger partial charge is 0.264 e. The Morgan fingerprint density at radius 2 is 2.00 bits per heavy atom. The van der Waals surface area contributed by atoms with Crippen LogP contribution in [-0.4, -0.2) is 4.98 Å². The number of nitrogens with zero attached hydrogens (tertiary/aromatic N) is 1. The lowest BCUT2D eigenvalue weighted by molar-refractivity contribution is 0.445. The summed E-state index contributed by atoms with van der Waals surface area (Å²) in [5, 5.41) is 0.827. The highest BCUT2D eigenvalue weighted by Crippen LogP contribution is 2.26. The molecule has 0 atom stereocenters. The van der Waals surface area contributed by atoms with Gasteiger partial charge < -0.3 is 0 Å². The lowest BCUT2D eigenvalue weighted by Gasteiger charge is -2.07. The average Bonchev–Trinajstić information content (AvgIpc) is 2.21. The third-order valence-electron chi connectivity index (χ3n) is 2.36. The van der Waals surface area contributed by atoms with Gasteiger partial charge in [0.1, 0.15) is 6.67 Å². The van der Waals surface area contributed by atoms with Crippen LogP contribution in [0, 0.1) is 18.6 Å². The molecule has 0 saturated heterocycles. The second-order valence-electron chi connectivity index (χ2n) is 3.34. The number of alkyl halides is 1. The number of halogens is 3. The summed E-state index contributed by atoms with van der Waals surface area (Å²) in [4.78, 5) is 3.85. The number of aryl methyl sites for hydroxylation is 1. The molecule has 2 rings (SSSR count). The molecule has 4 heteroatoms. The fraction of sp³-hybridized carbons (Fsp3) is 0.182. The Hall–Kier alpha value is -1.58. The molecule has 2 aromatic rings. The molecule has 1 nitrogen and oxygen atoms in total. The average molecular weight is 211 g/mol. The van der Waals surface area contributed by atoms with E-state index >= 15 is 0 Å². The van der Waals surface area contributed by atoms with E-state index < -0.39 is 18.3 Å². The first kappa shape index (κ1) is 9.96. The van der Waals surface area contributed by atoms with Gasteiger partial charge in [0, 0.05) is 23.3 Å². The summed E-state index contributed by atoms with van der Waals surface area (Å²) in [5.74, 6) is -2.15. The summed E-state index contributed by atoms with van der Waals surface area (Å²) in [6, 6.07) is 1.03. The van der Waals surface area contributed by atoms with Crippen molar-refractivity contribution in [3.05, 3.63) is 41.2 Å². The second kappa shape index (κ2) is 3.53. The highest BCUT2D eigenvalue weighted by Gasteiger charge is 2.14. The van der Waals surface area contributed by atoms with Crippen LogP contribution in [0.3, 0.4) is 0 Å². The SMILES string of the molecule is Cc1cncc2cc(F)c(F)c(CF)c12. The number of fused-ring (bicyclic) bond motifs is 1. The Labute approximate surface area is 84.6 Å². The minimum absolute atomic E-state index is 0.232. The second-order valence-corrected chi connectivity index (χ2v) is 3.34. The zero-order chi connectivity index (χ0) is 11.0. The fourth-order valence-electron chi connectivity index (χ4n) is 1.69. The summed E-state index contributed by atoms with van der Waals surface area (Å²) in [7, 11) is 0. The lowest BCUT2D eigenvalue weighted by atomic mass is 10.0. The summed E-state index contributed by atoms with van der Waals surface area (Å²) in [5.41, 5.74) is 0.406. The first-order chi connectivity index (χ1) is 7.15. The maximum atomic E-state index is 13.3. The Morgan fingerprint density at radius 1 is 1.27 bits per heavy atom. The maximum absolute atomic E-state index is 13.3. The number of rotatable bonds is 1. The number of hydrogen-bond donors (Lipinski definition) is 0. The highest BCUT2D eigenvalue weighted by molar-refractivity contribution is 5.88. The molecule has 0 fully saturated rings. The molecule has 15 heavy (non-hydrogen) atoms. The van der Waals surface area contributed by atoms with E-state index in [4.69, 9.17) is 0 Å². The van der Waals surface area contributed by atoms with Gasteiger partial charge in [-0.15, -0.1) is 0 Å². The zero-order valence-corrected chi connectivity index (χ0v) is 8.02. The van der Waals surface area contributed by atoms with E-state index in [0.29, 0.717) is 16.3 Å². The van der Waals surface area contributed by atoms with Crippen molar-refractivity contribution in [1.82, 2.24) is 4.98 Å². The van der Waals surface area contributed by atoms with Gasteiger partial charge in [0.25, 0.3) is 0 Å². The van der Waals surface area contributed by atoms with Crippen molar-refractivity contribution in [2.45, 2.75) is 13.6 Å². The van der Waals surface area contributed by atoms with Crippen molar-refractivity contribution in [1.29, 1.82) is 0 Å². The molecule has 0 amide bonds. The van der Waals surface area contributed by atoms with Gasteiger partial charge >= 0.3 is 0 Å². The summed E-state index contributed by atoms with van der Waals surface area (Å²) < 4.78 is 39.0. The first-order valence-electron chi connectivity index (χ1n) is 4.42. The molecule has 1 aromatic carbocycles. The molecule has 0 spiro atoms. The molecule has 0 N–H and O–H groups in total. The lowest BCUT2D eigenvalue weighted by Crippen LogP contribution is -1.96. The quantitative estimate of drug-likeness (QED) is 0.705. The molecule has 1 heterocycles. The molecule has 0 bridgehead atoms. The molecule has 0 unspecified atom stereocenters. The van der Waals surface area contributed by atoms with Gasteiger partial charge in [-0.1, -0.05) is 0 Å². The molecular formula is C11H8F3N. The number of hydrogen-bond acceptors (Lipinski definition) is 1. The summed E-state index contributed by atoms with van der Waals surface area (Å²) >= 11 is 0. The Balaban J connectivity index is 2.96. The first-order valence-corrected chi connectivity index (χ1v) is 4.42. The van der Waals surface area contributed by atoms with Crippen LogP contribution in [0.2, 0.25) is 0 Å². The van der Waals surface area contributed by atoms with Crippen LogP contribution in [0.15, 0.2) is 18.5 Å². The van der Waals surface area contributed by atoms with Crippen molar-refractivity contribution >= 4 is 10.8 Å². The summed E-state index contributed by atoms with van der Waals surface area (Å²) in [6.45, 7) is 0.663. The van der Waals surface area contributed by atoms with E-state index in [1.165, 1.54) is 12.4 Å². The smallest absolute Gasteiger partial charge is 0.165 e. The predicted molar refractivity (Wildman–Crippen MR) is 51.2 cm³/mol. The monoisotopic (exact) mass is 211 g/mol. The van der Waals surface area contributed by atoms with Crippen LogP contribution in [0.25, 0.3) is 10.8 Å². The van der Waals surface area contributed by atoms with E-state index in [1.807, 2.05) is 0 Å². The normalized spacial score (nSPS) is 10.9. The number of pyridine rings is 1. The predicted octanol–water partition coefficient (Wildman–Crippen LogP) is 3.29. The third kappa shape index (κ3) is 1.46. The van der Waals surface area contributed by atoms with Crippen LogP contribution in [-0.2, 0) is 6.67 Å². The molecule has 0 radical (unpaired) electrons. The van der Waals surface area contributed by atoms with Gasteiger partial charge in [-0.2, -0.15) is 0 Å². The van der Waals surface area contributed by atoms with Gasteiger partial charge in [-0.05, 0) is 23.9 Å². The molecule has 0 aliphatic carbocycles. The van der Waals surface area contributed by atoms with Crippen LogP contribution in [0.4, 0.5) is 13.2 Å². The summed E-state index contributed by atoms with van der Waals surface area (Å²) in [6.07, 6.45) is 2.89. The molecule has 0 aliphatic rings. The van der Waals surface area contributed by atoms with Crippen molar-refractivity contribution in [3.63, 3.8) is 0 Å². The van der Waals surface area contributed by atoms with E-state index in [-0.39, 0.29) is 5.56 Å². The van der Waals surface area contributed by atoms with Crippen LogP contribution in [0.5, 0.6) is 0 Å². The van der Waals surface area contributed by atoms with Crippen LogP contribution in [0.1, 0.15) is 11.1 Å². The topological polar surface area (TPSA) is 12.9 Å². The van der Waals surface area contributed by atoms with Gasteiger partial charge in [0.2, 0.25) is 0 Å². The maximum Gasteiger partial charge on any atom is 0.165 e. The molecule has 0 saturated carbocycles.